The number of aryl methyl sites for hydroxylation is 1. The molecule has 4 nitrogen and oxygen atoms in total. The number of carboxylic acid groups (broad SMARTS) is 1. The van der Waals surface area contributed by atoms with Gasteiger partial charge in [-0.2, -0.15) is 0 Å². The van der Waals surface area contributed by atoms with Gasteiger partial charge in [0.1, 0.15) is 0 Å². The Kier molecular flexibility index (Phi) is 3.45. The lowest BCUT2D eigenvalue weighted by molar-refractivity contribution is 0.0698. The van der Waals surface area contributed by atoms with Gasteiger partial charge in [-0.1, -0.05) is 12.8 Å². The summed E-state index contributed by atoms with van der Waals surface area (Å²) in [5.74, 6) is -0.129. The number of anilines is 2. The summed E-state index contributed by atoms with van der Waals surface area (Å²) in [7, 11) is 0. The maximum Gasteiger partial charge on any atom is 0.337 e. The Hall–Kier alpha value is -1.71. The Morgan fingerprint density at radius 3 is 2.78 bits per heavy atom. The van der Waals surface area contributed by atoms with Gasteiger partial charge in [-0.25, -0.2) is 4.79 Å². The van der Waals surface area contributed by atoms with Crippen LogP contribution in [0.15, 0.2) is 12.1 Å². The predicted molar refractivity (Wildman–Crippen MR) is 73.0 cm³/mol. The molecule has 4 heteroatoms. The summed E-state index contributed by atoms with van der Waals surface area (Å²) in [6.07, 6.45) is 3.80. The highest BCUT2D eigenvalue weighted by Gasteiger charge is 2.23. The molecule has 0 amide bonds. The molecule has 0 spiro atoms. The highest BCUT2D eigenvalue weighted by Crippen LogP contribution is 2.34. The van der Waals surface area contributed by atoms with Crippen molar-refractivity contribution in [3.05, 3.63) is 23.3 Å². The number of rotatable bonds is 5. The number of hydrogen-bond acceptors (Lipinski definition) is 3. The van der Waals surface area contributed by atoms with Crippen molar-refractivity contribution in [3.63, 3.8) is 0 Å². The summed E-state index contributed by atoms with van der Waals surface area (Å²) < 4.78 is 0. The predicted octanol–water partition coefficient (Wildman–Crippen LogP) is 2.88. The first-order chi connectivity index (χ1) is 8.47. The molecule has 0 saturated heterocycles. The van der Waals surface area contributed by atoms with Gasteiger partial charge in [0.25, 0.3) is 0 Å². The number of carbonyl (C=O) groups is 1. The van der Waals surface area contributed by atoms with Crippen molar-refractivity contribution >= 4 is 17.3 Å². The second-order valence-corrected chi connectivity index (χ2v) is 5.28. The third-order valence-electron chi connectivity index (χ3n) is 3.41. The molecular formula is C14H20N2O2. The zero-order valence-electron chi connectivity index (χ0n) is 10.9. The second-order valence-electron chi connectivity index (χ2n) is 5.28. The minimum Gasteiger partial charge on any atom is -0.478 e. The van der Waals surface area contributed by atoms with Crippen LogP contribution in [-0.4, -0.2) is 17.1 Å². The van der Waals surface area contributed by atoms with E-state index >= 15 is 0 Å². The molecule has 1 atom stereocenters. The van der Waals surface area contributed by atoms with Gasteiger partial charge < -0.3 is 16.2 Å². The van der Waals surface area contributed by atoms with Crippen LogP contribution in [0.4, 0.5) is 11.4 Å². The van der Waals surface area contributed by atoms with Gasteiger partial charge >= 0.3 is 5.97 Å². The van der Waals surface area contributed by atoms with E-state index in [1.54, 1.807) is 6.07 Å². The van der Waals surface area contributed by atoms with Crippen molar-refractivity contribution in [3.8, 4) is 0 Å². The number of nitrogens with two attached hydrogens (primary N) is 1. The molecule has 0 aliphatic heterocycles. The molecule has 1 aromatic rings. The molecule has 0 heterocycles. The van der Waals surface area contributed by atoms with Gasteiger partial charge in [-0.3, -0.25) is 0 Å². The average molecular weight is 248 g/mol. The normalized spacial score (nSPS) is 16.3. The zero-order valence-corrected chi connectivity index (χ0v) is 10.9. The molecule has 1 aliphatic carbocycles. The van der Waals surface area contributed by atoms with Crippen LogP contribution in [0.3, 0.4) is 0 Å². The van der Waals surface area contributed by atoms with Gasteiger partial charge in [0.05, 0.1) is 5.56 Å². The first-order valence-corrected chi connectivity index (χ1v) is 6.37. The van der Waals surface area contributed by atoms with E-state index in [-0.39, 0.29) is 5.56 Å². The van der Waals surface area contributed by atoms with E-state index in [2.05, 4.69) is 12.2 Å². The molecule has 98 valence electrons. The molecule has 1 aromatic carbocycles. The zero-order chi connectivity index (χ0) is 13.3. The lowest BCUT2D eigenvalue weighted by Gasteiger charge is -2.17. The molecule has 0 aromatic heterocycles. The van der Waals surface area contributed by atoms with E-state index in [1.807, 2.05) is 13.0 Å². The van der Waals surface area contributed by atoms with E-state index in [0.717, 1.165) is 23.6 Å². The SMILES string of the molecule is Cc1cc(NC(C)CC2CC2)cc(C(=O)O)c1N. The average Bonchev–Trinajstić information content (AvgIpc) is 3.06. The third kappa shape index (κ3) is 2.94. The molecule has 1 fully saturated rings. The lowest BCUT2D eigenvalue weighted by atomic mass is 10.1. The minimum absolute atomic E-state index is 0.177. The Labute approximate surface area is 107 Å². The van der Waals surface area contributed by atoms with Gasteiger partial charge in [-0.05, 0) is 43.9 Å². The van der Waals surface area contributed by atoms with Crippen molar-refractivity contribution in [2.45, 2.75) is 39.2 Å². The van der Waals surface area contributed by atoms with Crippen molar-refractivity contribution < 1.29 is 9.90 Å². The molecule has 1 unspecified atom stereocenters. The van der Waals surface area contributed by atoms with Crippen molar-refractivity contribution in [1.82, 2.24) is 0 Å². The third-order valence-corrected chi connectivity index (χ3v) is 3.41. The van der Waals surface area contributed by atoms with E-state index in [1.165, 1.54) is 12.8 Å². The fourth-order valence-corrected chi connectivity index (χ4v) is 2.26. The van der Waals surface area contributed by atoms with Crippen LogP contribution in [0, 0.1) is 12.8 Å². The second kappa shape index (κ2) is 4.88. The largest absolute Gasteiger partial charge is 0.478 e. The number of aromatic carboxylic acids is 1. The smallest absolute Gasteiger partial charge is 0.337 e. The molecule has 1 aliphatic rings. The van der Waals surface area contributed by atoms with E-state index in [9.17, 15) is 4.79 Å². The summed E-state index contributed by atoms with van der Waals surface area (Å²) in [4.78, 5) is 11.1. The Morgan fingerprint density at radius 2 is 2.22 bits per heavy atom. The van der Waals surface area contributed by atoms with Gasteiger partial charge in [0.15, 0.2) is 0 Å². The van der Waals surface area contributed by atoms with Crippen LogP contribution in [0.2, 0.25) is 0 Å². The monoisotopic (exact) mass is 248 g/mol. The number of nitrogens with one attached hydrogen (secondary N) is 1. The van der Waals surface area contributed by atoms with Crippen molar-refractivity contribution in [2.75, 3.05) is 11.1 Å². The summed E-state index contributed by atoms with van der Waals surface area (Å²) in [6.45, 7) is 3.96. The van der Waals surface area contributed by atoms with Crippen molar-refractivity contribution in [2.24, 2.45) is 5.92 Å². The van der Waals surface area contributed by atoms with E-state index < -0.39 is 5.97 Å². The van der Waals surface area contributed by atoms with Crippen molar-refractivity contribution in [1.29, 1.82) is 0 Å². The topological polar surface area (TPSA) is 75.3 Å². The highest BCUT2D eigenvalue weighted by atomic mass is 16.4. The van der Waals surface area contributed by atoms with Crippen LogP contribution in [0.25, 0.3) is 0 Å². The van der Waals surface area contributed by atoms with Crippen LogP contribution in [0.5, 0.6) is 0 Å². The molecule has 18 heavy (non-hydrogen) atoms. The Balaban J connectivity index is 2.14. The molecule has 1 saturated carbocycles. The molecule has 0 bridgehead atoms. The molecular weight excluding hydrogens is 228 g/mol. The van der Waals surface area contributed by atoms with Gasteiger partial charge in [-0.15, -0.1) is 0 Å². The fourth-order valence-electron chi connectivity index (χ4n) is 2.26. The Morgan fingerprint density at radius 1 is 1.56 bits per heavy atom. The maximum atomic E-state index is 11.1. The summed E-state index contributed by atoms with van der Waals surface area (Å²) in [5.41, 5.74) is 7.93. The number of benzene rings is 1. The maximum absolute atomic E-state index is 11.1. The highest BCUT2D eigenvalue weighted by molar-refractivity contribution is 5.95. The van der Waals surface area contributed by atoms with Crippen LogP contribution >= 0.6 is 0 Å². The fraction of sp³-hybridized carbons (Fsp3) is 0.500. The number of nitrogen functional groups attached to an aromatic ring is 1. The first-order valence-electron chi connectivity index (χ1n) is 6.37. The summed E-state index contributed by atoms with van der Waals surface area (Å²) >= 11 is 0. The van der Waals surface area contributed by atoms with Gasteiger partial charge in [0, 0.05) is 17.4 Å². The summed E-state index contributed by atoms with van der Waals surface area (Å²) in [5, 5.41) is 12.5. The van der Waals surface area contributed by atoms with Crippen LogP contribution in [-0.2, 0) is 0 Å². The molecule has 2 rings (SSSR count). The summed E-state index contributed by atoms with van der Waals surface area (Å²) in [6, 6.07) is 3.89. The Bertz CT molecular complexity index is 467. The number of hydrogen-bond donors (Lipinski definition) is 3. The minimum atomic E-state index is -0.978. The molecule has 4 N–H and O–H groups in total. The standard InChI is InChI=1S/C14H20N2O2/c1-8-5-11(7-12(13(8)15)14(17)18)16-9(2)6-10-3-4-10/h5,7,9-10,16H,3-4,6,15H2,1-2H3,(H,17,18). The quantitative estimate of drug-likeness (QED) is 0.700. The lowest BCUT2D eigenvalue weighted by Crippen LogP contribution is -2.16. The van der Waals surface area contributed by atoms with Crippen LogP contribution < -0.4 is 11.1 Å². The number of carboxylic acids is 1. The first kappa shape index (κ1) is 12.7. The van der Waals surface area contributed by atoms with E-state index in [4.69, 9.17) is 10.8 Å². The van der Waals surface area contributed by atoms with E-state index in [0.29, 0.717) is 11.7 Å². The van der Waals surface area contributed by atoms with Crippen LogP contribution in [0.1, 0.15) is 42.1 Å². The van der Waals surface area contributed by atoms with Gasteiger partial charge in [0.2, 0.25) is 0 Å². The molecule has 0 radical (unpaired) electrons.